The second kappa shape index (κ2) is 5.76. The highest BCUT2D eigenvalue weighted by atomic mass is 35.5. The lowest BCUT2D eigenvalue weighted by Crippen LogP contribution is -2.28. The van der Waals surface area contributed by atoms with E-state index < -0.39 is 24.4 Å². The van der Waals surface area contributed by atoms with Gasteiger partial charge in [-0.05, 0) is 12.5 Å². The SMILES string of the molecule is OCC(=NC1CC=C(Cl)C=C1C(F)(F)F)n1cncn1. The summed E-state index contributed by atoms with van der Waals surface area (Å²) in [6.45, 7) is -0.553. The monoisotopic (exact) mass is 306 g/mol. The highest BCUT2D eigenvalue weighted by molar-refractivity contribution is 6.31. The fourth-order valence-electron chi connectivity index (χ4n) is 1.74. The predicted molar refractivity (Wildman–Crippen MR) is 66.4 cm³/mol. The molecule has 1 heterocycles. The van der Waals surface area contributed by atoms with Crippen molar-refractivity contribution in [2.24, 2.45) is 4.99 Å². The molecule has 0 aliphatic heterocycles. The molecule has 20 heavy (non-hydrogen) atoms. The van der Waals surface area contributed by atoms with E-state index in [9.17, 15) is 18.3 Å². The molecule has 0 aromatic carbocycles. The van der Waals surface area contributed by atoms with E-state index in [2.05, 4.69) is 15.1 Å². The molecule has 1 atom stereocenters. The third kappa shape index (κ3) is 3.26. The van der Waals surface area contributed by atoms with Crippen molar-refractivity contribution in [2.45, 2.75) is 18.6 Å². The summed E-state index contributed by atoms with van der Waals surface area (Å²) in [5.74, 6) is -0.0194. The average molecular weight is 307 g/mol. The number of hydrogen-bond acceptors (Lipinski definition) is 4. The van der Waals surface area contributed by atoms with E-state index in [1.54, 1.807) is 0 Å². The molecule has 0 amide bonds. The minimum Gasteiger partial charge on any atom is -0.388 e. The molecule has 1 aromatic rings. The van der Waals surface area contributed by atoms with E-state index in [0.717, 1.165) is 10.8 Å². The van der Waals surface area contributed by atoms with E-state index in [1.807, 2.05) is 0 Å². The van der Waals surface area contributed by atoms with Gasteiger partial charge in [0.25, 0.3) is 0 Å². The maximum absolute atomic E-state index is 12.9. The van der Waals surface area contributed by atoms with Gasteiger partial charge in [-0.25, -0.2) is 9.67 Å². The van der Waals surface area contributed by atoms with Crippen LogP contribution in [0.4, 0.5) is 13.2 Å². The summed E-state index contributed by atoms with van der Waals surface area (Å²) in [5.41, 5.74) is -0.851. The van der Waals surface area contributed by atoms with Crippen LogP contribution in [0.1, 0.15) is 6.42 Å². The minimum absolute atomic E-state index is 0.00235. The molecule has 0 radical (unpaired) electrons. The van der Waals surface area contributed by atoms with Crippen molar-refractivity contribution in [2.75, 3.05) is 6.61 Å². The first-order valence-electron chi connectivity index (χ1n) is 5.59. The summed E-state index contributed by atoms with van der Waals surface area (Å²) in [5, 5.41) is 13.0. The first kappa shape index (κ1) is 14.7. The maximum Gasteiger partial charge on any atom is 0.414 e. The lowest BCUT2D eigenvalue weighted by molar-refractivity contribution is -0.0955. The molecular weight excluding hydrogens is 297 g/mol. The number of aliphatic hydroxyl groups is 1. The molecule has 1 aromatic heterocycles. The third-order valence-electron chi connectivity index (χ3n) is 2.65. The zero-order valence-corrected chi connectivity index (χ0v) is 10.8. The number of halogens is 4. The van der Waals surface area contributed by atoms with Gasteiger partial charge in [-0.1, -0.05) is 17.7 Å². The van der Waals surface area contributed by atoms with Gasteiger partial charge >= 0.3 is 6.18 Å². The second-order valence-electron chi connectivity index (χ2n) is 3.98. The van der Waals surface area contributed by atoms with Gasteiger partial charge < -0.3 is 5.11 Å². The molecule has 1 N–H and O–H groups in total. The van der Waals surface area contributed by atoms with Gasteiger partial charge in [0.2, 0.25) is 0 Å². The van der Waals surface area contributed by atoms with Crippen LogP contribution in [0.5, 0.6) is 0 Å². The van der Waals surface area contributed by atoms with E-state index in [1.165, 1.54) is 18.7 Å². The zero-order valence-electron chi connectivity index (χ0n) is 10.0. The Bertz CT molecular complexity index is 563. The van der Waals surface area contributed by atoms with Crippen molar-refractivity contribution in [3.8, 4) is 0 Å². The van der Waals surface area contributed by atoms with Gasteiger partial charge in [0.1, 0.15) is 19.3 Å². The van der Waals surface area contributed by atoms with Crippen molar-refractivity contribution in [1.82, 2.24) is 14.8 Å². The van der Waals surface area contributed by atoms with Gasteiger partial charge in [-0.3, -0.25) is 4.99 Å². The standard InChI is InChI=1S/C11H10ClF3N4O/c12-7-1-2-9(8(3-7)11(13,14)15)18-10(4-20)19-6-16-5-17-19/h1,3,5-6,9,20H,2,4H2. The molecule has 1 aliphatic carbocycles. The Morgan fingerprint density at radius 2 is 2.30 bits per heavy atom. The number of hydrogen-bond donors (Lipinski definition) is 1. The van der Waals surface area contributed by atoms with Crippen LogP contribution in [0.2, 0.25) is 0 Å². The Balaban J connectivity index is 2.34. The van der Waals surface area contributed by atoms with Crippen molar-refractivity contribution < 1.29 is 18.3 Å². The normalized spacial score (nSPS) is 20.6. The molecule has 2 rings (SSSR count). The summed E-state index contributed by atoms with van der Waals surface area (Å²) in [7, 11) is 0. The van der Waals surface area contributed by atoms with Gasteiger partial charge in [0.05, 0.1) is 11.6 Å². The smallest absolute Gasteiger partial charge is 0.388 e. The van der Waals surface area contributed by atoms with Gasteiger partial charge in [-0.15, -0.1) is 0 Å². The van der Waals surface area contributed by atoms with Crippen molar-refractivity contribution in [3.05, 3.63) is 35.4 Å². The first-order valence-corrected chi connectivity index (χ1v) is 5.96. The number of aliphatic hydroxyl groups excluding tert-OH is 1. The average Bonchev–Trinajstić information content (AvgIpc) is 2.90. The van der Waals surface area contributed by atoms with Crippen LogP contribution in [0.25, 0.3) is 0 Å². The molecule has 0 saturated heterocycles. The van der Waals surface area contributed by atoms with Crippen LogP contribution in [-0.4, -0.2) is 44.5 Å². The van der Waals surface area contributed by atoms with Crippen LogP contribution in [0.15, 0.2) is 40.4 Å². The summed E-state index contributed by atoms with van der Waals surface area (Å²) >= 11 is 5.61. The molecule has 0 saturated carbocycles. The number of rotatable bonds is 2. The number of aromatic nitrogens is 3. The zero-order chi connectivity index (χ0) is 14.8. The minimum atomic E-state index is -4.54. The van der Waals surface area contributed by atoms with E-state index in [0.29, 0.717) is 0 Å². The number of nitrogens with zero attached hydrogens (tertiary/aromatic N) is 4. The summed E-state index contributed by atoms with van der Waals surface area (Å²) in [6.07, 6.45) is 0.200. The topological polar surface area (TPSA) is 63.3 Å². The van der Waals surface area contributed by atoms with E-state index >= 15 is 0 Å². The molecule has 108 valence electrons. The lowest BCUT2D eigenvalue weighted by atomic mass is 9.99. The number of alkyl halides is 3. The van der Waals surface area contributed by atoms with Crippen LogP contribution in [-0.2, 0) is 0 Å². The number of allylic oxidation sites excluding steroid dienone is 2. The molecule has 0 fully saturated rings. The molecule has 9 heteroatoms. The highest BCUT2D eigenvalue weighted by Crippen LogP contribution is 2.35. The molecule has 0 bridgehead atoms. The molecule has 1 aliphatic rings. The molecule has 1 unspecified atom stereocenters. The van der Waals surface area contributed by atoms with E-state index in [4.69, 9.17) is 11.6 Å². The second-order valence-corrected chi connectivity index (χ2v) is 4.42. The third-order valence-corrected chi connectivity index (χ3v) is 2.91. The Labute approximate surface area is 117 Å². The molecule has 5 nitrogen and oxygen atoms in total. The van der Waals surface area contributed by atoms with Crippen molar-refractivity contribution in [3.63, 3.8) is 0 Å². The largest absolute Gasteiger partial charge is 0.414 e. The fourth-order valence-corrected chi connectivity index (χ4v) is 1.95. The quantitative estimate of drug-likeness (QED) is 0.670. The van der Waals surface area contributed by atoms with Crippen molar-refractivity contribution >= 4 is 17.4 Å². The van der Waals surface area contributed by atoms with E-state index in [-0.39, 0.29) is 17.3 Å². The Morgan fingerprint density at radius 1 is 1.55 bits per heavy atom. The van der Waals surface area contributed by atoms with Crippen LogP contribution in [0.3, 0.4) is 0 Å². The molecular formula is C11H10ClF3N4O. The number of aliphatic imine (C=N–C) groups is 1. The Hall–Kier alpha value is -1.67. The Kier molecular flexibility index (Phi) is 4.24. The van der Waals surface area contributed by atoms with Crippen LogP contribution >= 0.6 is 11.6 Å². The van der Waals surface area contributed by atoms with Crippen molar-refractivity contribution in [1.29, 1.82) is 0 Å². The van der Waals surface area contributed by atoms with Gasteiger partial charge in [0.15, 0.2) is 5.84 Å². The summed E-state index contributed by atoms with van der Waals surface area (Å²) in [4.78, 5) is 7.57. The molecule has 0 spiro atoms. The van der Waals surface area contributed by atoms with Crippen LogP contribution in [0, 0.1) is 0 Å². The van der Waals surface area contributed by atoms with Gasteiger partial charge in [0, 0.05) is 5.03 Å². The Morgan fingerprint density at radius 3 is 2.85 bits per heavy atom. The fraction of sp³-hybridized carbons (Fsp3) is 0.364. The first-order chi connectivity index (χ1) is 9.41. The summed E-state index contributed by atoms with van der Waals surface area (Å²) < 4.78 is 39.9. The predicted octanol–water partition coefficient (Wildman–Crippen LogP) is 1.90. The van der Waals surface area contributed by atoms with Gasteiger partial charge in [-0.2, -0.15) is 18.3 Å². The lowest BCUT2D eigenvalue weighted by Gasteiger charge is -2.22. The highest BCUT2D eigenvalue weighted by Gasteiger charge is 2.39. The summed E-state index contributed by atoms with van der Waals surface area (Å²) in [6, 6.07) is -1.16. The maximum atomic E-state index is 12.9. The van der Waals surface area contributed by atoms with Crippen LogP contribution < -0.4 is 0 Å².